The van der Waals surface area contributed by atoms with Crippen molar-refractivity contribution >= 4 is 0 Å². The van der Waals surface area contributed by atoms with Crippen LogP contribution in [0.3, 0.4) is 0 Å². The Labute approximate surface area is 87.9 Å². The SMILES string of the molecule is CC(C#N)N1C(C)(C)CCCC1(C)C. The molecule has 2 heteroatoms. The quantitative estimate of drug-likeness (QED) is 0.641. The lowest BCUT2D eigenvalue weighted by atomic mass is 9.79. The Kier molecular flexibility index (Phi) is 2.92. The van der Waals surface area contributed by atoms with Crippen molar-refractivity contribution in [3.05, 3.63) is 0 Å². The minimum atomic E-state index is 0.0142. The van der Waals surface area contributed by atoms with Gasteiger partial charge in [0.2, 0.25) is 0 Å². The maximum atomic E-state index is 9.06. The summed E-state index contributed by atoms with van der Waals surface area (Å²) in [7, 11) is 0. The van der Waals surface area contributed by atoms with E-state index < -0.39 is 0 Å². The molecule has 0 radical (unpaired) electrons. The summed E-state index contributed by atoms with van der Waals surface area (Å²) in [4.78, 5) is 2.38. The van der Waals surface area contributed by atoms with Crippen molar-refractivity contribution in [1.82, 2.24) is 4.90 Å². The second-order valence-electron chi connectivity index (χ2n) is 5.65. The van der Waals surface area contributed by atoms with Gasteiger partial charge in [-0.3, -0.25) is 4.90 Å². The van der Waals surface area contributed by atoms with Crippen molar-refractivity contribution in [3.63, 3.8) is 0 Å². The fraction of sp³-hybridized carbons (Fsp3) is 0.917. The van der Waals surface area contributed by atoms with Gasteiger partial charge in [0.15, 0.2) is 0 Å². The Morgan fingerprint density at radius 2 is 1.57 bits per heavy atom. The molecule has 0 aliphatic carbocycles. The first-order valence-corrected chi connectivity index (χ1v) is 5.50. The van der Waals surface area contributed by atoms with Crippen LogP contribution >= 0.6 is 0 Å². The summed E-state index contributed by atoms with van der Waals surface area (Å²) >= 11 is 0. The molecule has 1 atom stereocenters. The summed E-state index contributed by atoms with van der Waals surface area (Å²) in [6, 6.07) is 2.39. The highest BCUT2D eigenvalue weighted by Gasteiger charge is 2.43. The molecule has 1 unspecified atom stereocenters. The van der Waals surface area contributed by atoms with E-state index >= 15 is 0 Å². The average molecular weight is 194 g/mol. The number of rotatable bonds is 1. The summed E-state index contributed by atoms with van der Waals surface area (Å²) in [5.74, 6) is 0. The van der Waals surface area contributed by atoms with Gasteiger partial charge in [0.1, 0.15) is 0 Å². The first-order valence-electron chi connectivity index (χ1n) is 5.50. The second-order valence-corrected chi connectivity index (χ2v) is 5.65. The molecule has 0 N–H and O–H groups in total. The van der Waals surface area contributed by atoms with Gasteiger partial charge in [-0.25, -0.2) is 0 Å². The predicted octanol–water partition coefficient (Wildman–Crippen LogP) is 2.94. The van der Waals surface area contributed by atoms with Crippen LogP contribution in [0.5, 0.6) is 0 Å². The van der Waals surface area contributed by atoms with Crippen molar-refractivity contribution in [2.75, 3.05) is 0 Å². The summed E-state index contributed by atoms with van der Waals surface area (Å²) < 4.78 is 0. The van der Waals surface area contributed by atoms with Crippen LogP contribution in [0.4, 0.5) is 0 Å². The summed E-state index contributed by atoms with van der Waals surface area (Å²) in [6.45, 7) is 11.0. The van der Waals surface area contributed by atoms with Crippen LogP contribution in [0.15, 0.2) is 0 Å². The lowest BCUT2D eigenvalue weighted by Crippen LogP contribution is -2.61. The predicted molar refractivity (Wildman–Crippen MR) is 58.9 cm³/mol. The van der Waals surface area contributed by atoms with Crippen LogP contribution in [-0.2, 0) is 0 Å². The minimum absolute atomic E-state index is 0.0142. The molecule has 1 aliphatic heterocycles. The van der Waals surface area contributed by atoms with Gasteiger partial charge in [0.25, 0.3) is 0 Å². The van der Waals surface area contributed by atoms with Gasteiger partial charge < -0.3 is 0 Å². The summed E-state index contributed by atoms with van der Waals surface area (Å²) in [5, 5.41) is 9.06. The third-order valence-electron chi connectivity index (χ3n) is 3.46. The topological polar surface area (TPSA) is 27.0 Å². The zero-order chi connectivity index (χ0) is 11.0. The van der Waals surface area contributed by atoms with E-state index in [2.05, 4.69) is 38.7 Å². The highest BCUT2D eigenvalue weighted by atomic mass is 15.3. The van der Waals surface area contributed by atoms with E-state index in [9.17, 15) is 0 Å². The molecule has 0 aromatic heterocycles. The number of likely N-dealkylation sites (tertiary alicyclic amines) is 1. The molecule has 1 saturated heterocycles. The number of hydrogen-bond acceptors (Lipinski definition) is 2. The molecule has 2 nitrogen and oxygen atoms in total. The standard InChI is InChI=1S/C12H22N2/c1-10(9-13)14-11(2,3)7-6-8-12(14,4)5/h10H,6-8H2,1-5H3. The van der Waals surface area contributed by atoms with Crippen LogP contribution in [0, 0.1) is 11.3 Å². The monoisotopic (exact) mass is 194 g/mol. The molecule has 1 fully saturated rings. The maximum Gasteiger partial charge on any atom is 0.0958 e. The molecule has 0 spiro atoms. The van der Waals surface area contributed by atoms with Crippen LogP contribution in [0.2, 0.25) is 0 Å². The van der Waals surface area contributed by atoms with Crippen molar-refractivity contribution in [2.45, 2.75) is 71.0 Å². The van der Waals surface area contributed by atoms with E-state index in [0.29, 0.717) is 0 Å². The van der Waals surface area contributed by atoms with E-state index in [0.717, 1.165) is 0 Å². The molecule has 0 aromatic rings. The van der Waals surface area contributed by atoms with Crippen molar-refractivity contribution in [1.29, 1.82) is 5.26 Å². The smallest absolute Gasteiger partial charge is 0.0958 e. The highest BCUT2D eigenvalue weighted by molar-refractivity contribution is 5.04. The van der Waals surface area contributed by atoms with Crippen LogP contribution < -0.4 is 0 Å². The molecule has 1 heterocycles. The van der Waals surface area contributed by atoms with Gasteiger partial charge in [-0.15, -0.1) is 0 Å². The lowest BCUT2D eigenvalue weighted by Gasteiger charge is -2.54. The molecule has 14 heavy (non-hydrogen) atoms. The Bertz CT molecular complexity index is 232. The van der Waals surface area contributed by atoms with Crippen molar-refractivity contribution in [2.24, 2.45) is 0 Å². The lowest BCUT2D eigenvalue weighted by molar-refractivity contribution is -0.0409. The third-order valence-corrected chi connectivity index (χ3v) is 3.46. The minimum Gasteiger partial charge on any atom is -0.278 e. The van der Waals surface area contributed by atoms with Crippen molar-refractivity contribution in [3.8, 4) is 6.07 Å². The Morgan fingerprint density at radius 3 is 1.93 bits per heavy atom. The zero-order valence-electron chi connectivity index (χ0n) is 10.1. The Hall–Kier alpha value is -0.550. The third kappa shape index (κ3) is 1.93. The van der Waals surface area contributed by atoms with E-state index in [4.69, 9.17) is 5.26 Å². The van der Waals surface area contributed by atoms with E-state index in [1.54, 1.807) is 0 Å². The normalized spacial score (nSPS) is 28.0. The molecule has 0 saturated carbocycles. The van der Waals surface area contributed by atoms with Gasteiger partial charge in [0.05, 0.1) is 12.1 Å². The largest absolute Gasteiger partial charge is 0.278 e. The van der Waals surface area contributed by atoms with E-state index in [-0.39, 0.29) is 17.1 Å². The van der Waals surface area contributed by atoms with E-state index in [1.165, 1.54) is 19.3 Å². The first-order chi connectivity index (χ1) is 6.31. The fourth-order valence-corrected chi connectivity index (χ4v) is 3.12. The van der Waals surface area contributed by atoms with Gasteiger partial charge in [-0.1, -0.05) is 0 Å². The number of nitrogens with zero attached hydrogens (tertiary/aromatic N) is 2. The van der Waals surface area contributed by atoms with Gasteiger partial charge in [-0.2, -0.15) is 5.26 Å². The van der Waals surface area contributed by atoms with Crippen LogP contribution in [0.25, 0.3) is 0 Å². The van der Waals surface area contributed by atoms with Gasteiger partial charge in [-0.05, 0) is 53.9 Å². The average Bonchev–Trinajstić information content (AvgIpc) is 2.00. The first kappa shape index (κ1) is 11.5. The number of piperidine rings is 1. The Morgan fingerprint density at radius 1 is 1.14 bits per heavy atom. The van der Waals surface area contributed by atoms with Gasteiger partial charge in [0, 0.05) is 11.1 Å². The molecule has 1 aliphatic rings. The molecule has 0 bridgehead atoms. The van der Waals surface area contributed by atoms with Crippen LogP contribution in [-0.4, -0.2) is 22.0 Å². The van der Waals surface area contributed by atoms with Crippen LogP contribution in [0.1, 0.15) is 53.9 Å². The van der Waals surface area contributed by atoms with Gasteiger partial charge >= 0.3 is 0 Å². The Balaban J connectivity index is 2.98. The molecule has 80 valence electrons. The number of nitriles is 1. The maximum absolute atomic E-state index is 9.06. The zero-order valence-corrected chi connectivity index (χ0v) is 10.1. The van der Waals surface area contributed by atoms with E-state index in [1.807, 2.05) is 6.92 Å². The fourth-order valence-electron chi connectivity index (χ4n) is 3.12. The molecular formula is C12H22N2. The summed E-state index contributed by atoms with van der Waals surface area (Å²) in [5.41, 5.74) is 0.327. The number of hydrogen-bond donors (Lipinski definition) is 0. The summed E-state index contributed by atoms with van der Waals surface area (Å²) in [6.07, 6.45) is 3.67. The molecule has 0 aromatic carbocycles. The molecule has 0 amide bonds. The second kappa shape index (κ2) is 3.55. The highest BCUT2D eigenvalue weighted by Crippen LogP contribution is 2.39. The molecule has 1 rings (SSSR count). The van der Waals surface area contributed by atoms with Crippen molar-refractivity contribution < 1.29 is 0 Å². The molecular weight excluding hydrogens is 172 g/mol.